The molecule has 0 radical (unpaired) electrons. The van der Waals surface area contributed by atoms with Crippen molar-refractivity contribution >= 4 is 55.2 Å². The number of allylic oxidation sites excluding steroid dienone is 1. The SMILES string of the molecule is O=C(C=C(O)c1ccc(-c2ccc3c(c2)c2ccccc2n3Cc2ccccc2)cc1)c1ccc(-c2ccc3c(c2)c2ccccc2n3Cc2ccccc2)cc1. The molecule has 10 rings (SSSR count). The standard InChI is InChI=1S/C53H38N2O2/c56-52(40-23-19-38(20-24-40)42-27-29-50-46(31-42)44-15-7-9-17-48(44)54(50)34-36-11-3-1-4-12-36)33-53(57)41-25-21-39(22-26-41)43-28-30-51-47(32-43)45-16-8-10-18-49(45)55(51)35-37-13-5-2-6-14-37/h1-33,56H,34-35H2. The summed E-state index contributed by atoms with van der Waals surface area (Å²) < 4.78 is 4.76. The highest BCUT2D eigenvalue weighted by Gasteiger charge is 2.15. The highest BCUT2D eigenvalue weighted by atomic mass is 16.3. The number of nitrogens with zero attached hydrogens (tertiary/aromatic N) is 2. The number of benzene rings is 8. The van der Waals surface area contributed by atoms with Gasteiger partial charge >= 0.3 is 0 Å². The van der Waals surface area contributed by atoms with E-state index < -0.39 is 0 Å². The first-order valence-electron chi connectivity index (χ1n) is 19.3. The fraction of sp³-hybridized carbons (Fsp3) is 0.0377. The van der Waals surface area contributed by atoms with E-state index in [1.807, 2.05) is 60.7 Å². The molecule has 0 amide bonds. The number of aliphatic hydroxyl groups is 1. The zero-order valence-electron chi connectivity index (χ0n) is 31.2. The number of carbonyl (C=O) groups excluding carboxylic acids is 1. The number of aromatic nitrogens is 2. The molecule has 0 saturated carbocycles. The number of rotatable bonds is 9. The Morgan fingerprint density at radius 1 is 0.404 bits per heavy atom. The average molecular weight is 735 g/mol. The van der Waals surface area contributed by atoms with E-state index in [4.69, 9.17) is 0 Å². The average Bonchev–Trinajstić information content (AvgIpc) is 3.75. The minimum absolute atomic E-state index is 0.0626. The molecule has 10 aromatic rings. The van der Waals surface area contributed by atoms with Crippen molar-refractivity contribution in [3.05, 3.63) is 222 Å². The summed E-state index contributed by atoms with van der Waals surface area (Å²) in [5.74, 6) is -0.313. The molecule has 1 N–H and O–H groups in total. The lowest BCUT2D eigenvalue weighted by molar-refractivity contribution is 0.104. The van der Waals surface area contributed by atoms with Crippen LogP contribution in [-0.4, -0.2) is 20.0 Å². The molecule has 8 aromatic carbocycles. The van der Waals surface area contributed by atoms with Crippen molar-refractivity contribution in [1.82, 2.24) is 9.13 Å². The summed E-state index contributed by atoms with van der Waals surface area (Å²) in [4.78, 5) is 13.3. The molecule has 0 fully saturated rings. The third-order valence-electron chi connectivity index (χ3n) is 11.2. The van der Waals surface area contributed by atoms with Crippen LogP contribution in [0.4, 0.5) is 0 Å². The summed E-state index contributed by atoms with van der Waals surface area (Å²) in [7, 11) is 0. The molecular formula is C53H38N2O2. The van der Waals surface area contributed by atoms with Crippen LogP contribution in [-0.2, 0) is 13.1 Å². The number of aliphatic hydroxyl groups excluding tert-OH is 1. The van der Waals surface area contributed by atoms with Crippen LogP contribution in [0.5, 0.6) is 0 Å². The van der Waals surface area contributed by atoms with Gasteiger partial charge in [0, 0.05) is 73.9 Å². The van der Waals surface area contributed by atoms with Crippen molar-refractivity contribution < 1.29 is 9.90 Å². The van der Waals surface area contributed by atoms with Gasteiger partial charge in [-0.3, -0.25) is 4.79 Å². The molecule has 0 atom stereocenters. The Morgan fingerprint density at radius 2 is 0.789 bits per heavy atom. The highest BCUT2D eigenvalue weighted by Crippen LogP contribution is 2.35. The summed E-state index contributed by atoms with van der Waals surface area (Å²) in [6.07, 6.45) is 1.31. The second kappa shape index (κ2) is 14.3. The molecule has 57 heavy (non-hydrogen) atoms. The van der Waals surface area contributed by atoms with Crippen molar-refractivity contribution in [2.24, 2.45) is 0 Å². The van der Waals surface area contributed by atoms with E-state index in [1.54, 1.807) is 0 Å². The second-order valence-electron chi connectivity index (χ2n) is 14.7. The molecule has 0 aliphatic rings. The molecule has 0 unspecified atom stereocenters. The van der Waals surface area contributed by atoms with Crippen LogP contribution in [0.1, 0.15) is 27.0 Å². The van der Waals surface area contributed by atoms with Crippen molar-refractivity contribution in [1.29, 1.82) is 0 Å². The van der Waals surface area contributed by atoms with E-state index in [0.717, 1.165) is 35.3 Å². The number of para-hydroxylation sites is 2. The molecule has 0 aliphatic heterocycles. The molecule has 4 nitrogen and oxygen atoms in total. The van der Waals surface area contributed by atoms with Gasteiger partial charge in [0.25, 0.3) is 0 Å². The van der Waals surface area contributed by atoms with Gasteiger partial charge in [-0.25, -0.2) is 0 Å². The summed E-state index contributed by atoms with van der Waals surface area (Å²) in [5, 5.41) is 15.9. The van der Waals surface area contributed by atoms with E-state index in [1.165, 1.54) is 60.8 Å². The molecule has 0 saturated heterocycles. The van der Waals surface area contributed by atoms with Crippen molar-refractivity contribution in [2.75, 3.05) is 0 Å². The lowest BCUT2D eigenvalue weighted by Crippen LogP contribution is -1.99. The largest absolute Gasteiger partial charge is 0.507 e. The minimum Gasteiger partial charge on any atom is -0.507 e. The van der Waals surface area contributed by atoms with Gasteiger partial charge in [0.05, 0.1) is 0 Å². The fourth-order valence-electron chi connectivity index (χ4n) is 8.29. The van der Waals surface area contributed by atoms with E-state index in [9.17, 15) is 9.90 Å². The van der Waals surface area contributed by atoms with Crippen molar-refractivity contribution in [3.63, 3.8) is 0 Å². The van der Waals surface area contributed by atoms with Crippen molar-refractivity contribution in [2.45, 2.75) is 13.1 Å². The van der Waals surface area contributed by atoms with Gasteiger partial charge < -0.3 is 14.2 Å². The van der Waals surface area contributed by atoms with Crippen LogP contribution >= 0.6 is 0 Å². The maximum absolute atomic E-state index is 13.3. The number of hydrogen-bond donors (Lipinski definition) is 1. The third kappa shape index (κ3) is 6.37. The van der Waals surface area contributed by atoms with Gasteiger partial charge in [-0.05, 0) is 69.8 Å². The van der Waals surface area contributed by atoms with Gasteiger partial charge in [-0.1, -0.05) is 158 Å². The van der Waals surface area contributed by atoms with E-state index >= 15 is 0 Å². The smallest absolute Gasteiger partial charge is 0.189 e. The molecule has 0 spiro atoms. The fourth-order valence-corrected chi connectivity index (χ4v) is 8.29. The Bertz CT molecular complexity index is 3120. The van der Waals surface area contributed by atoms with Crippen LogP contribution in [0.2, 0.25) is 0 Å². The Morgan fingerprint density at radius 3 is 1.26 bits per heavy atom. The summed E-state index contributed by atoms with van der Waals surface area (Å²) in [6.45, 7) is 1.59. The first-order chi connectivity index (χ1) is 28.1. The van der Waals surface area contributed by atoms with Crippen LogP contribution < -0.4 is 0 Å². The summed E-state index contributed by atoms with van der Waals surface area (Å²) in [6, 6.07) is 66.8. The Balaban J connectivity index is 0.878. The van der Waals surface area contributed by atoms with Gasteiger partial charge in [-0.2, -0.15) is 0 Å². The number of fused-ring (bicyclic) bond motifs is 6. The first-order valence-corrected chi connectivity index (χ1v) is 19.3. The van der Waals surface area contributed by atoms with Gasteiger partial charge in [-0.15, -0.1) is 0 Å². The van der Waals surface area contributed by atoms with E-state index in [0.29, 0.717) is 11.1 Å². The summed E-state index contributed by atoms with van der Waals surface area (Å²) >= 11 is 0. The molecule has 4 heteroatoms. The molecule has 272 valence electrons. The summed E-state index contributed by atoms with van der Waals surface area (Å²) in [5.41, 5.74) is 12.6. The number of hydrogen-bond acceptors (Lipinski definition) is 2. The van der Waals surface area contributed by atoms with Crippen LogP contribution in [0.25, 0.3) is 71.6 Å². The predicted molar refractivity (Wildman–Crippen MR) is 236 cm³/mol. The van der Waals surface area contributed by atoms with E-state index in [-0.39, 0.29) is 11.5 Å². The zero-order chi connectivity index (χ0) is 38.3. The van der Waals surface area contributed by atoms with Crippen LogP contribution in [0.15, 0.2) is 200 Å². The molecule has 2 aromatic heterocycles. The molecule has 0 aliphatic carbocycles. The normalized spacial score (nSPS) is 11.9. The molecule has 0 bridgehead atoms. The van der Waals surface area contributed by atoms with Gasteiger partial charge in [0.15, 0.2) is 5.78 Å². The molecule has 2 heterocycles. The Kier molecular flexibility index (Phi) is 8.57. The number of carbonyl (C=O) groups is 1. The number of ketones is 1. The topological polar surface area (TPSA) is 47.2 Å². The maximum Gasteiger partial charge on any atom is 0.189 e. The lowest BCUT2D eigenvalue weighted by Gasteiger charge is -2.09. The lowest BCUT2D eigenvalue weighted by atomic mass is 9.99. The Hall–Kier alpha value is -7.43. The predicted octanol–water partition coefficient (Wildman–Crippen LogP) is 13.1. The molecular weight excluding hydrogens is 697 g/mol. The Labute approximate surface area is 330 Å². The van der Waals surface area contributed by atoms with E-state index in [2.05, 4.69) is 143 Å². The minimum atomic E-state index is -0.250. The first kappa shape index (κ1) is 34.1. The third-order valence-corrected chi connectivity index (χ3v) is 11.2. The van der Waals surface area contributed by atoms with Crippen LogP contribution in [0.3, 0.4) is 0 Å². The van der Waals surface area contributed by atoms with Crippen LogP contribution in [0, 0.1) is 0 Å². The van der Waals surface area contributed by atoms with Gasteiger partial charge in [0.2, 0.25) is 0 Å². The van der Waals surface area contributed by atoms with Crippen molar-refractivity contribution in [3.8, 4) is 22.3 Å². The van der Waals surface area contributed by atoms with Gasteiger partial charge in [0.1, 0.15) is 5.76 Å². The quantitative estimate of drug-likeness (QED) is 0.0912. The zero-order valence-corrected chi connectivity index (χ0v) is 31.2. The highest BCUT2D eigenvalue weighted by molar-refractivity contribution is 6.11. The maximum atomic E-state index is 13.3. The monoisotopic (exact) mass is 734 g/mol. The second-order valence-corrected chi connectivity index (χ2v) is 14.7.